The Hall–Kier alpha value is -1.31. The minimum Gasteiger partial charge on any atom is -0.387 e. The first-order chi connectivity index (χ1) is 6.91. The molecule has 0 fully saturated rings. The largest absolute Gasteiger partial charge is 0.387 e. The zero-order valence-corrected chi connectivity index (χ0v) is 9.54. The van der Waals surface area contributed by atoms with Crippen molar-refractivity contribution in [3.63, 3.8) is 0 Å². The molecular formula is C13H18N2. The Bertz CT molecular complexity index is 401. The van der Waals surface area contributed by atoms with Crippen LogP contribution in [0.2, 0.25) is 0 Å². The van der Waals surface area contributed by atoms with Gasteiger partial charge in [-0.05, 0) is 16.5 Å². The average Bonchev–Trinajstić information content (AvgIpc) is 2.36. The molecule has 2 bridgehead atoms. The molecule has 1 aliphatic rings. The van der Waals surface area contributed by atoms with Crippen LogP contribution in [0.15, 0.2) is 24.3 Å². The summed E-state index contributed by atoms with van der Waals surface area (Å²) in [5, 5.41) is 7.73. The lowest BCUT2D eigenvalue weighted by Gasteiger charge is -2.32. The van der Waals surface area contributed by atoms with Crippen molar-refractivity contribution in [2.45, 2.75) is 32.6 Å². The van der Waals surface area contributed by atoms with Gasteiger partial charge >= 0.3 is 0 Å². The quantitative estimate of drug-likeness (QED) is 0.534. The summed E-state index contributed by atoms with van der Waals surface area (Å²) >= 11 is 0. The molecule has 3 N–H and O–H groups in total. The van der Waals surface area contributed by atoms with Crippen molar-refractivity contribution in [3.05, 3.63) is 35.4 Å². The Labute approximate surface area is 91.0 Å². The van der Waals surface area contributed by atoms with E-state index in [1.165, 1.54) is 11.1 Å². The fraction of sp³-hybridized carbons (Fsp3) is 0.462. The zero-order chi connectivity index (χ0) is 11.2. The van der Waals surface area contributed by atoms with E-state index < -0.39 is 0 Å². The van der Waals surface area contributed by atoms with Crippen LogP contribution in [0.5, 0.6) is 0 Å². The topological polar surface area (TPSA) is 49.9 Å². The van der Waals surface area contributed by atoms with Crippen molar-refractivity contribution in [2.75, 3.05) is 0 Å². The third kappa shape index (κ3) is 1.54. The van der Waals surface area contributed by atoms with Gasteiger partial charge in [-0.2, -0.15) is 0 Å². The molecule has 0 aromatic heterocycles. The number of hydrogen-bond acceptors (Lipinski definition) is 1. The van der Waals surface area contributed by atoms with Crippen LogP contribution in [-0.4, -0.2) is 5.84 Å². The molecule has 0 aliphatic heterocycles. The maximum absolute atomic E-state index is 7.73. The lowest BCUT2D eigenvalue weighted by molar-refractivity contribution is 0.314. The van der Waals surface area contributed by atoms with Crippen molar-refractivity contribution in [2.24, 2.45) is 11.1 Å². The molecule has 80 valence electrons. The van der Waals surface area contributed by atoms with Crippen LogP contribution in [-0.2, 0) is 0 Å². The van der Waals surface area contributed by atoms with Gasteiger partial charge < -0.3 is 5.73 Å². The van der Waals surface area contributed by atoms with E-state index in [0.717, 1.165) is 0 Å². The molecule has 2 rings (SSSR count). The molecule has 2 nitrogen and oxygen atoms in total. The van der Waals surface area contributed by atoms with Gasteiger partial charge in [-0.3, -0.25) is 5.41 Å². The number of hydrogen-bond donors (Lipinski definition) is 2. The van der Waals surface area contributed by atoms with E-state index in [1.807, 2.05) is 0 Å². The Balaban J connectivity index is 2.50. The van der Waals surface area contributed by atoms with Crippen LogP contribution in [0.3, 0.4) is 0 Å². The second kappa shape index (κ2) is 3.09. The van der Waals surface area contributed by atoms with E-state index in [0.29, 0.717) is 5.92 Å². The third-order valence-electron chi connectivity index (χ3n) is 3.23. The second-order valence-corrected chi connectivity index (χ2v) is 5.45. The second-order valence-electron chi connectivity index (χ2n) is 5.45. The molecule has 0 saturated carbocycles. The van der Waals surface area contributed by atoms with Crippen LogP contribution in [0.25, 0.3) is 0 Å². The van der Waals surface area contributed by atoms with Gasteiger partial charge in [0.05, 0.1) is 5.84 Å². The Kier molecular flexibility index (Phi) is 2.10. The summed E-state index contributed by atoms with van der Waals surface area (Å²) in [5.74, 6) is 0.714. The van der Waals surface area contributed by atoms with Crippen LogP contribution in [0, 0.1) is 10.8 Å². The van der Waals surface area contributed by atoms with Gasteiger partial charge in [-0.1, -0.05) is 45.0 Å². The Morgan fingerprint density at radius 2 is 1.87 bits per heavy atom. The van der Waals surface area contributed by atoms with Gasteiger partial charge in [0.1, 0.15) is 0 Å². The predicted molar refractivity (Wildman–Crippen MR) is 63.3 cm³/mol. The van der Waals surface area contributed by atoms with Crippen molar-refractivity contribution < 1.29 is 0 Å². The molecule has 1 aromatic carbocycles. The first-order valence-electron chi connectivity index (χ1n) is 5.35. The molecule has 0 saturated heterocycles. The van der Waals surface area contributed by atoms with Crippen LogP contribution >= 0.6 is 0 Å². The average molecular weight is 202 g/mol. The van der Waals surface area contributed by atoms with Crippen molar-refractivity contribution in [3.8, 4) is 0 Å². The van der Waals surface area contributed by atoms with Gasteiger partial charge in [0.15, 0.2) is 0 Å². The number of benzene rings is 1. The number of rotatable bonds is 1. The summed E-state index contributed by atoms with van der Waals surface area (Å²) in [6, 6.07) is 8.46. The molecular weight excluding hydrogens is 184 g/mol. The van der Waals surface area contributed by atoms with E-state index in [2.05, 4.69) is 45.0 Å². The number of fused-ring (bicyclic) bond motifs is 2. The molecule has 0 amide bonds. The molecule has 2 atom stereocenters. The molecule has 1 aliphatic carbocycles. The lowest BCUT2D eigenvalue weighted by atomic mass is 9.72. The smallest absolute Gasteiger partial charge is 0.0988 e. The fourth-order valence-electron chi connectivity index (χ4n) is 2.69. The fourth-order valence-corrected chi connectivity index (χ4v) is 2.69. The van der Waals surface area contributed by atoms with E-state index >= 15 is 0 Å². The number of nitrogens with two attached hydrogens (primary N) is 1. The SMILES string of the molecule is CC(C)(C)C1c2cccc(c2)C1C(=N)N. The maximum Gasteiger partial charge on any atom is 0.0988 e. The van der Waals surface area contributed by atoms with E-state index in [9.17, 15) is 0 Å². The van der Waals surface area contributed by atoms with Crippen LogP contribution in [0.4, 0.5) is 0 Å². The van der Waals surface area contributed by atoms with Crippen LogP contribution in [0.1, 0.15) is 43.7 Å². The van der Waals surface area contributed by atoms with E-state index in [1.54, 1.807) is 0 Å². The predicted octanol–water partition coefficient (Wildman–Crippen LogP) is 2.85. The first kappa shape index (κ1) is 10.2. The van der Waals surface area contributed by atoms with Gasteiger partial charge in [-0.25, -0.2) is 0 Å². The highest BCUT2D eigenvalue weighted by atomic mass is 14.7. The number of amidine groups is 1. The summed E-state index contributed by atoms with van der Waals surface area (Å²) in [7, 11) is 0. The summed E-state index contributed by atoms with van der Waals surface area (Å²) in [4.78, 5) is 0. The molecule has 1 aromatic rings. The van der Waals surface area contributed by atoms with Gasteiger partial charge in [-0.15, -0.1) is 0 Å². The van der Waals surface area contributed by atoms with Crippen LogP contribution < -0.4 is 5.73 Å². The monoisotopic (exact) mass is 202 g/mol. The summed E-state index contributed by atoms with van der Waals surface area (Å²) < 4.78 is 0. The third-order valence-corrected chi connectivity index (χ3v) is 3.23. The standard InChI is InChI=1S/C13H18N2/c1-13(2,3)11-9-6-4-5-8(7-9)10(11)12(14)15/h4-7,10-11H,1-3H3,(H3,14,15). The van der Waals surface area contributed by atoms with Crippen molar-refractivity contribution >= 4 is 5.84 Å². The summed E-state index contributed by atoms with van der Waals surface area (Å²) in [6.07, 6.45) is 0. The zero-order valence-electron chi connectivity index (χ0n) is 9.54. The molecule has 2 unspecified atom stereocenters. The minimum atomic E-state index is 0.0787. The highest BCUT2D eigenvalue weighted by Crippen LogP contribution is 2.49. The summed E-state index contributed by atoms with van der Waals surface area (Å²) in [5.41, 5.74) is 8.38. The number of nitrogens with one attached hydrogen (secondary N) is 1. The molecule has 2 heteroatoms. The normalized spacial score (nSPS) is 24.2. The maximum atomic E-state index is 7.73. The Morgan fingerprint density at radius 3 is 2.40 bits per heavy atom. The van der Waals surface area contributed by atoms with Gasteiger partial charge in [0.25, 0.3) is 0 Å². The highest BCUT2D eigenvalue weighted by molar-refractivity contribution is 5.87. The minimum absolute atomic E-state index is 0.0787. The molecule has 0 spiro atoms. The molecule has 15 heavy (non-hydrogen) atoms. The first-order valence-corrected chi connectivity index (χ1v) is 5.35. The van der Waals surface area contributed by atoms with Gasteiger partial charge in [0, 0.05) is 11.8 Å². The highest BCUT2D eigenvalue weighted by Gasteiger charge is 2.40. The van der Waals surface area contributed by atoms with E-state index in [-0.39, 0.29) is 17.2 Å². The summed E-state index contributed by atoms with van der Waals surface area (Å²) in [6.45, 7) is 6.64. The lowest BCUT2D eigenvalue weighted by Crippen LogP contribution is -2.30. The van der Waals surface area contributed by atoms with Gasteiger partial charge in [0.2, 0.25) is 0 Å². The van der Waals surface area contributed by atoms with Crippen molar-refractivity contribution in [1.82, 2.24) is 0 Å². The molecule has 0 heterocycles. The van der Waals surface area contributed by atoms with Crippen molar-refractivity contribution in [1.29, 1.82) is 5.41 Å². The van der Waals surface area contributed by atoms with E-state index in [4.69, 9.17) is 11.1 Å². The Morgan fingerprint density at radius 1 is 1.27 bits per heavy atom. The molecule has 0 radical (unpaired) electrons.